The number of rotatable bonds is 6. The van der Waals surface area contributed by atoms with Gasteiger partial charge in [-0.05, 0) is 37.9 Å². The van der Waals surface area contributed by atoms with Crippen LogP contribution in [0.15, 0.2) is 18.5 Å². The first-order chi connectivity index (χ1) is 7.24. The molecular weight excluding hydrogens is 192 g/mol. The lowest BCUT2D eigenvalue weighted by molar-refractivity contribution is 0.122. The molecule has 0 aliphatic rings. The molecule has 3 N–H and O–H groups in total. The molecule has 1 aromatic rings. The van der Waals surface area contributed by atoms with Crippen molar-refractivity contribution < 1.29 is 9.84 Å². The summed E-state index contributed by atoms with van der Waals surface area (Å²) in [5.74, 6) is 0.742. The molecule has 4 nitrogen and oxygen atoms in total. The smallest absolute Gasteiger partial charge is 0.140 e. The molecule has 1 unspecified atom stereocenters. The summed E-state index contributed by atoms with van der Waals surface area (Å²) in [7, 11) is 0. The molecule has 0 aliphatic heterocycles. The zero-order chi connectivity index (χ0) is 11.1. The minimum atomic E-state index is -0.465. The first-order valence-corrected chi connectivity index (χ1v) is 5.18. The molecule has 84 valence electrons. The molecule has 0 spiro atoms. The van der Waals surface area contributed by atoms with Gasteiger partial charge in [-0.3, -0.25) is 4.98 Å². The number of aryl methyl sites for hydroxylation is 1. The number of hydrogen-bond acceptors (Lipinski definition) is 4. The topological polar surface area (TPSA) is 68.4 Å². The highest BCUT2D eigenvalue weighted by atomic mass is 16.5. The van der Waals surface area contributed by atoms with Crippen LogP contribution in [-0.2, 0) is 6.42 Å². The van der Waals surface area contributed by atoms with Crippen molar-refractivity contribution in [2.75, 3.05) is 13.2 Å². The van der Waals surface area contributed by atoms with E-state index in [0.717, 1.165) is 24.2 Å². The van der Waals surface area contributed by atoms with Gasteiger partial charge in [0.05, 0.1) is 12.3 Å². The summed E-state index contributed by atoms with van der Waals surface area (Å²) in [6.45, 7) is 2.65. The Hall–Kier alpha value is -1.13. The van der Waals surface area contributed by atoms with Crippen molar-refractivity contribution in [2.45, 2.75) is 25.9 Å². The molecule has 0 aromatic carbocycles. The Morgan fingerprint density at radius 1 is 1.60 bits per heavy atom. The van der Waals surface area contributed by atoms with E-state index >= 15 is 0 Å². The Bertz CT molecular complexity index is 290. The van der Waals surface area contributed by atoms with Crippen molar-refractivity contribution >= 4 is 0 Å². The van der Waals surface area contributed by atoms with Gasteiger partial charge in [-0.15, -0.1) is 0 Å². The van der Waals surface area contributed by atoms with E-state index < -0.39 is 6.10 Å². The fraction of sp³-hybridized carbons (Fsp3) is 0.545. The van der Waals surface area contributed by atoms with Gasteiger partial charge >= 0.3 is 0 Å². The maximum Gasteiger partial charge on any atom is 0.140 e. The number of aromatic nitrogens is 1. The average Bonchev–Trinajstić information content (AvgIpc) is 2.24. The quantitative estimate of drug-likeness (QED) is 0.726. The normalized spacial score (nSPS) is 12.5. The highest BCUT2D eigenvalue weighted by molar-refractivity contribution is 5.29. The molecule has 0 aliphatic carbocycles. The fourth-order valence-corrected chi connectivity index (χ4v) is 1.25. The van der Waals surface area contributed by atoms with Crippen LogP contribution in [0.25, 0.3) is 0 Å². The zero-order valence-corrected chi connectivity index (χ0v) is 9.02. The van der Waals surface area contributed by atoms with Gasteiger partial charge in [-0.2, -0.15) is 0 Å². The van der Waals surface area contributed by atoms with E-state index in [9.17, 15) is 0 Å². The van der Waals surface area contributed by atoms with Gasteiger partial charge in [0.1, 0.15) is 12.4 Å². The van der Waals surface area contributed by atoms with Crippen molar-refractivity contribution in [3.63, 3.8) is 0 Å². The van der Waals surface area contributed by atoms with E-state index in [4.69, 9.17) is 15.6 Å². The van der Waals surface area contributed by atoms with Gasteiger partial charge in [-0.1, -0.05) is 0 Å². The van der Waals surface area contributed by atoms with Crippen LogP contribution in [0.5, 0.6) is 5.75 Å². The summed E-state index contributed by atoms with van der Waals surface area (Å²) < 4.78 is 5.44. The highest BCUT2D eigenvalue weighted by Crippen LogP contribution is 2.18. The Kier molecular flexibility index (Phi) is 5.07. The molecule has 1 heterocycles. The molecular formula is C11H18N2O2. The maximum absolute atomic E-state index is 9.12. The van der Waals surface area contributed by atoms with Gasteiger partial charge in [-0.25, -0.2) is 0 Å². The summed E-state index contributed by atoms with van der Waals surface area (Å²) in [5.41, 5.74) is 6.55. The van der Waals surface area contributed by atoms with E-state index in [-0.39, 0.29) is 0 Å². The van der Waals surface area contributed by atoms with Crippen molar-refractivity contribution in [2.24, 2.45) is 5.73 Å². The molecule has 0 fully saturated rings. The lowest BCUT2D eigenvalue weighted by Crippen LogP contribution is -2.14. The van der Waals surface area contributed by atoms with Gasteiger partial charge < -0.3 is 15.6 Å². The number of pyridine rings is 1. The molecule has 1 aromatic heterocycles. The predicted octanol–water partition coefficient (Wildman–Crippen LogP) is 0.733. The molecule has 4 heteroatoms. The van der Waals surface area contributed by atoms with E-state index in [1.54, 1.807) is 19.3 Å². The highest BCUT2D eigenvalue weighted by Gasteiger charge is 2.04. The van der Waals surface area contributed by atoms with Gasteiger partial charge in [0.15, 0.2) is 0 Å². The van der Waals surface area contributed by atoms with Crippen LogP contribution in [0.2, 0.25) is 0 Å². The molecule has 0 bridgehead atoms. The minimum Gasteiger partial charge on any atom is -0.489 e. The third-order valence-corrected chi connectivity index (χ3v) is 2.00. The van der Waals surface area contributed by atoms with Crippen molar-refractivity contribution in [1.82, 2.24) is 4.98 Å². The molecule has 0 radical (unpaired) electrons. The Morgan fingerprint density at radius 3 is 3.07 bits per heavy atom. The van der Waals surface area contributed by atoms with Gasteiger partial charge in [0.25, 0.3) is 0 Å². The Balaban J connectivity index is 2.59. The Labute approximate surface area is 90.1 Å². The van der Waals surface area contributed by atoms with E-state index in [2.05, 4.69) is 4.98 Å². The van der Waals surface area contributed by atoms with Gasteiger partial charge in [0.2, 0.25) is 0 Å². The lowest BCUT2D eigenvalue weighted by atomic mass is 10.1. The van der Waals surface area contributed by atoms with Crippen LogP contribution >= 0.6 is 0 Å². The summed E-state index contributed by atoms with van der Waals surface area (Å²) >= 11 is 0. The standard InChI is InChI=1S/C11H18N2O2/c1-9(14)8-15-11-7-13-6-4-10(11)3-2-5-12/h4,6-7,9,14H,2-3,5,8,12H2,1H3. The van der Waals surface area contributed by atoms with Crippen LogP contribution in [0, 0.1) is 0 Å². The molecule has 1 rings (SSSR count). The molecule has 0 amide bonds. The summed E-state index contributed by atoms with van der Waals surface area (Å²) in [6, 6.07) is 1.92. The largest absolute Gasteiger partial charge is 0.489 e. The SMILES string of the molecule is CC(O)COc1cnccc1CCCN. The second-order valence-corrected chi connectivity index (χ2v) is 3.54. The first kappa shape index (κ1) is 11.9. The number of aliphatic hydroxyl groups excluding tert-OH is 1. The number of nitrogens with two attached hydrogens (primary N) is 1. The van der Waals surface area contributed by atoms with Crippen LogP contribution in [0.1, 0.15) is 18.9 Å². The Morgan fingerprint density at radius 2 is 2.40 bits per heavy atom. The summed E-state index contributed by atoms with van der Waals surface area (Å²) in [6.07, 6.45) is 4.76. The minimum absolute atomic E-state index is 0.293. The monoisotopic (exact) mass is 210 g/mol. The summed E-state index contributed by atoms with van der Waals surface area (Å²) in [5, 5.41) is 9.12. The van der Waals surface area contributed by atoms with Crippen molar-refractivity contribution in [1.29, 1.82) is 0 Å². The van der Waals surface area contributed by atoms with Gasteiger partial charge in [0, 0.05) is 6.20 Å². The van der Waals surface area contributed by atoms with Crippen molar-refractivity contribution in [3.05, 3.63) is 24.0 Å². The van der Waals surface area contributed by atoms with Crippen LogP contribution in [0.4, 0.5) is 0 Å². The van der Waals surface area contributed by atoms with Crippen molar-refractivity contribution in [3.8, 4) is 5.75 Å². The molecule has 0 saturated carbocycles. The zero-order valence-electron chi connectivity index (χ0n) is 9.02. The first-order valence-electron chi connectivity index (χ1n) is 5.18. The maximum atomic E-state index is 9.12. The van der Waals surface area contributed by atoms with E-state index in [1.165, 1.54) is 0 Å². The summed E-state index contributed by atoms with van der Waals surface area (Å²) in [4.78, 5) is 3.99. The van der Waals surface area contributed by atoms with E-state index in [0.29, 0.717) is 13.2 Å². The van der Waals surface area contributed by atoms with Crippen LogP contribution in [-0.4, -0.2) is 29.3 Å². The average molecular weight is 210 g/mol. The molecule has 1 atom stereocenters. The lowest BCUT2D eigenvalue weighted by Gasteiger charge is -2.11. The second kappa shape index (κ2) is 6.37. The number of ether oxygens (including phenoxy) is 1. The third-order valence-electron chi connectivity index (χ3n) is 2.00. The predicted molar refractivity (Wildman–Crippen MR) is 58.8 cm³/mol. The molecule has 15 heavy (non-hydrogen) atoms. The second-order valence-electron chi connectivity index (χ2n) is 3.54. The number of nitrogens with zero attached hydrogens (tertiary/aromatic N) is 1. The molecule has 0 saturated heterocycles. The van der Waals surface area contributed by atoms with Crippen LogP contribution < -0.4 is 10.5 Å². The third kappa shape index (κ3) is 4.27. The number of aliphatic hydroxyl groups is 1. The number of hydrogen-bond donors (Lipinski definition) is 2. The fourth-order valence-electron chi connectivity index (χ4n) is 1.25. The van der Waals surface area contributed by atoms with E-state index in [1.807, 2.05) is 6.07 Å². The van der Waals surface area contributed by atoms with Crippen LogP contribution in [0.3, 0.4) is 0 Å².